The first-order chi connectivity index (χ1) is 17.4. The number of rotatable bonds is 14. The third-order valence-electron chi connectivity index (χ3n) is 6.01. The van der Waals surface area contributed by atoms with Gasteiger partial charge in [0, 0.05) is 25.2 Å². The van der Waals surface area contributed by atoms with Crippen molar-refractivity contribution in [1.82, 2.24) is 4.90 Å². The zero-order chi connectivity index (χ0) is 26.5. The van der Waals surface area contributed by atoms with Crippen molar-refractivity contribution >= 4 is 12.1 Å². The molecule has 1 heterocycles. The van der Waals surface area contributed by atoms with Gasteiger partial charge in [0.2, 0.25) is 0 Å². The normalized spacial score (nSPS) is 16.2. The van der Waals surface area contributed by atoms with Crippen molar-refractivity contribution in [3.63, 3.8) is 0 Å². The largest absolute Gasteiger partial charge is 0.493 e. The highest BCUT2D eigenvalue weighted by Gasteiger charge is 2.33. The van der Waals surface area contributed by atoms with Crippen LogP contribution in [0.3, 0.4) is 0 Å². The molecule has 1 fully saturated rings. The molecule has 1 amide bonds. The molecule has 7 nitrogen and oxygen atoms in total. The van der Waals surface area contributed by atoms with E-state index in [9.17, 15) is 4.79 Å². The molecule has 1 aliphatic rings. The third kappa shape index (κ3) is 8.50. The summed E-state index contributed by atoms with van der Waals surface area (Å²) in [7, 11) is 1.63. The lowest BCUT2D eigenvalue weighted by Crippen LogP contribution is -2.48. The standard InChI is InChI=1S/C29H40N2O5/c1-7-21(4)10-11-23(8-2)20-36-27-13-12-24(16-28(27)34-6)25-18-31(19-25)29(33)26(9-3)30-17-22(5)35-15-14-32/h8-13,16-17,22,25,32H,2,7,14-15,18-20H2,1,3-6H3/b21-10+,23-11+,26-9-,30-17?. The van der Waals surface area contributed by atoms with Crippen LogP contribution in [0.15, 0.2) is 70.9 Å². The van der Waals surface area contributed by atoms with Crippen LogP contribution in [0.4, 0.5) is 0 Å². The molecule has 1 N–H and O–H groups in total. The van der Waals surface area contributed by atoms with E-state index >= 15 is 0 Å². The van der Waals surface area contributed by atoms with Gasteiger partial charge in [0.25, 0.3) is 5.91 Å². The highest BCUT2D eigenvalue weighted by atomic mass is 16.5. The Morgan fingerprint density at radius 2 is 2.06 bits per heavy atom. The Morgan fingerprint density at radius 1 is 1.31 bits per heavy atom. The summed E-state index contributed by atoms with van der Waals surface area (Å²) < 4.78 is 16.9. The fraction of sp³-hybridized carbons (Fsp3) is 0.448. The average Bonchev–Trinajstić information content (AvgIpc) is 2.87. The van der Waals surface area contributed by atoms with Crippen LogP contribution < -0.4 is 9.47 Å². The zero-order valence-corrected chi connectivity index (χ0v) is 22.2. The van der Waals surface area contributed by atoms with E-state index in [1.165, 1.54) is 5.57 Å². The summed E-state index contributed by atoms with van der Waals surface area (Å²) in [6, 6.07) is 5.93. The molecular weight excluding hydrogens is 456 g/mol. The number of benzene rings is 1. The maximum Gasteiger partial charge on any atom is 0.272 e. The molecule has 1 saturated heterocycles. The monoisotopic (exact) mass is 496 g/mol. The topological polar surface area (TPSA) is 80.6 Å². The van der Waals surface area contributed by atoms with Crippen molar-refractivity contribution in [1.29, 1.82) is 0 Å². The summed E-state index contributed by atoms with van der Waals surface area (Å²) >= 11 is 0. The van der Waals surface area contributed by atoms with Crippen molar-refractivity contribution in [3.8, 4) is 11.5 Å². The third-order valence-corrected chi connectivity index (χ3v) is 6.01. The number of likely N-dealkylation sites (tertiary alicyclic amines) is 1. The zero-order valence-electron chi connectivity index (χ0n) is 22.2. The maximum atomic E-state index is 12.8. The molecule has 1 unspecified atom stereocenters. The first kappa shape index (κ1) is 29.1. The predicted molar refractivity (Wildman–Crippen MR) is 145 cm³/mol. The molecule has 1 aromatic rings. The molecule has 0 aromatic heterocycles. The van der Waals surface area contributed by atoms with Gasteiger partial charge in [-0.1, -0.05) is 49.4 Å². The predicted octanol–water partition coefficient (Wildman–Crippen LogP) is 4.84. The molecule has 0 saturated carbocycles. The van der Waals surface area contributed by atoms with E-state index in [1.54, 1.807) is 37.3 Å². The molecule has 1 aromatic carbocycles. The summed E-state index contributed by atoms with van der Waals surface area (Å²) in [5.74, 6) is 1.44. The Morgan fingerprint density at radius 3 is 2.67 bits per heavy atom. The lowest BCUT2D eigenvalue weighted by molar-refractivity contribution is -0.131. The minimum Gasteiger partial charge on any atom is -0.493 e. The fourth-order valence-electron chi connectivity index (χ4n) is 3.50. The number of ether oxygens (including phenoxy) is 3. The van der Waals surface area contributed by atoms with E-state index in [0.29, 0.717) is 36.9 Å². The molecule has 196 valence electrons. The van der Waals surface area contributed by atoms with E-state index in [2.05, 4.69) is 31.5 Å². The van der Waals surface area contributed by atoms with E-state index in [0.717, 1.165) is 17.6 Å². The van der Waals surface area contributed by atoms with Crippen LogP contribution in [0.2, 0.25) is 0 Å². The average molecular weight is 497 g/mol. The molecule has 1 atom stereocenters. The van der Waals surface area contributed by atoms with Gasteiger partial charge in [-0.2, -0.15) is 0 Å². The van der Waals surface area contributed by atoms with Crippen molar-refractivity contribution in [2.24, 2.45) is 4.99 Å². The van der Waals surface area contributed by atoms with Crippen LogP contribution >= 0.6 is 0 Å². The summed E-state index contributed by atoms with van der Waals surface area (Å²) in [6.45, 7) is 13.5. The summed E-state index contributed by atoms with van der Waals surface area (Å²) in [5, 5.41) is 8.85. The first-order valence-corrected chi connectivity index (χ1v) is 12.4. The lowest BCUT2D eigenvalue weighted by atomic mass is 9.91. The van der Waals surface area contributed by atoms with Gasteiger partial charge >= 0.3 is 0 Å². The first-order valence-electron chi connectivity index (χ1n) is 12.4. The second-order valence-electron chi connectivity index (χ2n) is 8.67. The number of carbonyl (C=O) groups excluding carboxylic acids is 1. The Balaban J connectivity index is 1.98. The fourth-order valence-corrected chi connectivity index (χ4v) is 3.50. The van der Waals surface area contributed by atoms with E-state index < -0.39 is 0 Å². The molecule has 7 heteroatoms. The number of allylic oxidation sites excluding steroid dienone is 4. The number of aliphatic hydroxyl groups is 1. The van der Waals surface area contributed by atoms with Crippen LogP contribution in [-0.4, -0.2) is 68.3 Å². The van der Waals surface area contributed by atoms with Crippen molar-refractivity contribution in [2.75, 3.05) is 40.0 Å². The molecule has 0 aliphatic carbocycles. The van der Waals surface area contributed by atoms with Gasteiger partial charge in [-0.05, 0) is 50.5 Å². The number of nitrogens with zero attached hydrogens (tertiary/aromatic N) is 2. The Labute approximate surface area is 215 Å². The van der Waals surface area contributed by atoms with E-state index in [4.69, 9.17) is 19.3 Å². The van der Waals surface area contributed by atoms with Crippen molar-refractivity contribution < 1.29 is 24.1 Å². The van der Waals surface area contributed by atoms with Gasteiger partial charge in [-0.25, -0.2) is 0 Å². The minimum atomic E-state index is -0.285. The second-order valence-corrected chi connectivity index (χ2v) is 8.67. The number of hydrogen-bond donors (Lipinski definition) is 1. The molecule has 0 bridgehead atoms. The van der Waals surface area contributed by atoms with Crippen LogP contribution in [0.5, 0.6) is 11.5 Å². The Bertz CT molecular complexity index is 1000. The molecular formula is C29H40N2O5. The van der Waals surface area contributed by atoms with Gasteiger partial charge in [-0.15, -0.1) is 0 Å². The molecule has 2 rings (SSSR count). The van der Waals surface area contributed by atoms with Gasteiger partial charge in [0.1, 0.15) is 12.3 Å². The number of hydrogen-bond acceptors (Lipinski definition) is 6. The molecule has 1 aliphatic heterocycles. The number of methoxy groups -OCH3 is 1. The van der Waals surface area contributed by atoms with E-state index in [1.807, 2.05) is 31.2 Å². The Kier molecular flexibility index (Phi) is 12.2. The number of aliphatic hydroxyl groups excluding tert-OH is 1. The van der Waals surface area contributed by atoms with Crippen molar-refractivity contribution in [2.45, 2.75) is 46.1 Å². The number of aliphatic imine (C=N–C) groups is 1. The lowest BCUT2D eigenvalue weighted by Gasteiger charge is -2.39. The van der Waals surface area contributed by atoms with E-state index in [-0.39, 0.29) is 31.1 Å². The summed E-state index contributed by atoms with van der Waals surface area (Å²) in [4.78, 5) is 18.9. The van der Waals surface area contributed by atoms with Gasteiger partial charge < -0.3 is 24.2 Å². The Hall–Kier alpha value is -3.16. The van der Waals surface area contributed by atoms with Gasteiger partial charge in [0.15, 0.2) is 11.5 Å². The van der Waals surface area contributed by atoms with Crippen LogP contribution in [0, 0.1) is 0 Å². The van der Waals surface area contributed by atoms with Crippen LogP contribution in [-0.2, 0) is 9.53 Å². The number of amides is 1. The van der Waals surface area contributed by atoms with Crippen LogP contribution in [0.25, 0.3) is 0 Å². The second kappa shape index (κ2) is 15.1. The quantitative estimate of drug-likeness (QED) is 0.226. The van der Waals surface area contributed by atoms with Crippen LogP contribution in [0.1, 0.15) is 45.6 Å². The maximum absolute atomic E-state index is 12.8. The highest BCUT2D eigenvalue weighted by molar-refractivity contribution is 5.95. The van der Waals surface area contributed by atoms with Gasteiger partial charge in [0.05, 0.1) is 26.4 Å². The smallest absolute Gasteiger partial charge is 0.272 e. The molecule has 0 radical (unpaired) electrons. The molecule has 36 heavy (non-hydrogen) atoms. The van der Waals surface area contributed by atoms with Crippen molar-refractivity contribution in [3.05, 3.63) is 71.5 Å². The minimum absolute atomic E-state index is 0.0517. The number of carbonyl (C=O) groups is 1. The summed E-state index contributed by atoms with van der Waals surface area (Å²) in [6.07, 6.45) is 9.91. The summed E-state index contributed by atoms with van der Waals surface area (Å²) in [5.41, 5.74) is 3.75. The van der Waals surface area contributed by atoms with Gasteiger partial charge in [-0.3, -0.25) is 9.79 Å². The highest BCUT2D eigenvalue weighted by Crippen LogP contribution is 2.35. The SMILES string of the molecule is C=C/C(=C\C=C(/C)CC)COc1ccc(C2CN(C(=O)/C(=C/C)N=CC(C)OCCO)C2)cc1OC. The molecule has 0 spiro atoms.